The number of nitrogens with one attached hydrogen (secondary N) is 1. The van der Waals surface area contributed by atoms with Crippen LogP contribution < -0.4 is 5.32 Å². The molecule has 4 nitrogen and oxygen atoms in total. The molecule has 0 aliphatic rings. The number of carbonyl (C=O) groups is 1. The first kappa shape index (κ1) is 12.2. The third-order valence-corrected chi connectivity index (χ3v) is 2.68. The Morgan fingerprint density at radius 2 is 1.83 bits per heavy atom. The van der Waals surface area contributed by atoms with Crippen molar-refractivity contribution in [1.82, 2.24) is 9.97 Å². The lowest BCUT2D eigenvalue weighted by molar-refractivity contribution is -0.116. The molecule has 0 unspecified atom stereocenters. The van der Waals surface area contributed by atoms with Crippen molar-refractivity contribution < 1.29 is 4.79 Å². The van der Waals surface area contributed by atoms with E-state index in [9.17, 15) is 4.79 Å². The van der Waals surface area contributed by atoms with Crippen LogP contribution in [0, 0.1) is 0 Å². The normalized spacial score (nSPS) is 11.8. The van der Waals surface area contributed by atoms with Gasteiger partial charge in [-0.1, -0.05) is 37.3 Å². The minimum atomic E-state index is -0.0717. The molecule has 1 heterocycles. The number of aromatic nitrogens is 2. The third kappa shape index (κ3) is 3.38. The van der Waals surface area contributed by atoms with Crippen LogP contribution in [-0.2, 0) is 4.79 Å². The summed E-state index contributed by atoms with van der Waals surface area (Å²) < 4.78 is 0. The molecule has 1 atom stereocenters. The van der Waals surface area contributed by atoms with Gasteiger partial charge in [0.2, 0.25) is 11.9 Å². The van der Waals surface area contributed by atoms with Gasteiger partial charge in [-0.25, -0.2) is 9.97 Å². The summed E-state index contributed by atoms with van der Waals surface area (Å²) in [6, 6.07) is 11.7. The number of nitrogens with zero attached hydrogens (tertiary/aromatic N) is 2. The average Bonchev–Trinajstić information content (AvgIpc) is 2.40. The third-order valence-electron chi connectivity index (χ3n) is 2.68. The molecule has 92 valence electrons. The fourth-order valence-electron chi connectivity index (χ4n) is 1.72. The number of anilines is 1. The quantitative estimate of drug-likeness (QED) is 0.895. The highest BCUT2D eigenvalue weighted by Crippen LogP contribution is 2.18. The van der Waals surface area contributed by atoms with Gasteiger partial charge in [0.1, 0.15) is 0 Å². The molecular formula is C14H15N3O. The molecule has 0 fully saturated rings. The van der Waals surface area contributed by atoms with Gasteiger partial charge in [-0.3, -0.25) is 10.1 Å². The van der Waals surface area contributed by atoms with E-state index in [2.05, 4.69) is 15.3 Å². The molecule has 0 saturated heterocycles. The van der Waals surface area contributed by atoms with Crippen molar-refractivity contribution in [3.05, 3.63) is 54.4 Å². The zero-order valence-electron chi connectivity index (χ0n) is 10.2. The molecule has 0 saturated carbocycles. The van der Waals surface area contributed by atoms with Crippen LogP contribution >= 0.6 is 0 Å². The number of benzene rings is 1. The molecule has 1 aromatic heterocycles. The van der Waals surface area contributed by atoms with E-state index in [1.165, 1.54) is 0 Å². The van der Waals surface area contributed by atoms with Gasteiger partial charge in [-0.15, -0.1) is 0 Å². The van der Waals surface area contributed by atoms with Crippen LogP contribution in [0.2, 0.25) is 0 Å². The van der Waals surface area contributed by atoms with Gasteiger partial charge < -0.3 is 0 Å². The topological polar surface area (TPSA) is 54.9 Å². The Morgan fingerprint density at radius 1 is 1.17 bits per heavy atom. The molecule has 1 amide bonds. The van der Waals surface area contributed by atoms with Crippen molar-refractivity contribution in [3.63, 3.8) is 0 Å². The molecule has 1 aromatic carbocycles. The number of hydrogen-bond donors (Lipinski definition) is 1. The fourth-order valence-corrected chi connectivity index (χ4v) is 1.72. The van der Waals surface area contributed by atoms with Crippen LogP contribution in [0.3, 0.4) is 0 Å². The second-order valence-electron chi connectivity index (χ2n) is 4.14. The average molecular weight is 241 g/mol. The van der Waals surface area contributed by atoms with E-state index >= 15 is 0 Å². The lowest BCUT2D eigenvalue weighted by Gasteiger charge is -2.11. The smallest absolute Gasteiger partial charge is 0.229 e. The van der Waals surface area contributed by atoms with Gasteiger partial charge in [0.05, 0.1) is 0 Å². The summed E-state index contributed by atoms with van der Waals surface area (Å²) in [4.78, 5) is 19.7. The molecule has 2 rings (SSSR count). The molecule has 2 aromatic rings. The monoisotopic (exact) mass is 241 g/mol. The number of amides is 1. The number of hydrogen-bond acceptors (Lipinski definition) is 3. The molecule has 0 aliphatic carbocycles. The van der Waals surface area contributed by atoms with E-state index in [-0.39, 0.29) is 11.8 Å². The Kier molecular flexibility index (Phi) is 4.02. The van der Waals surface area contributed by atoms with Crippen molar-refractivity contribution in [2.75, 3.05) is 5.32 Å². The van der Waals surface area contributed by atoms with Gasteiger partial charge >= 0.3 is 0 Å². The van der Waals surface area contributed by atoms with Crippen LogP contribution in [-0.4, -0.2) is 15.9 Å². The Balaban J connectivity index is 1.92. The zero-order chi connectivity index (χ0) is 12.8. The molecule has 0 bridgehead atoms. The van der Waals surface area contributed by atoms with E-state index in [1.807, 2.05) is 37.3 Å². The van der Waals surface area contributed by atoms with Crippen molar-refractivity contribution in [2.24, 2.45) is 0 Å². The fraction of sp³-hybridized carbons (Fsp3) is 0.214. The molecular weight excluding hydrogens is 226 g/mol. The summed E-state index contributed by atoms with van der Waals surface area (Å²) in [6.45, 7) is 2.03. The summed E-state index contributed by atoms with van der Waals surface area (Å²) in [5.74, 6) is 0.454. The van der Waals surface area contributed by atoms with Crippen LogP contribution in [0.5, 0.6) is 0 Å². The molecule has 0 radical (unpaired) electrons. The maximum atomic E-state index is 11.8. The van der Waals surface area contributed by atoms with E-state index in [0.29, 0.717) is 12.4 Å². The van der Waals surface area contributed by atoms with Crippen molar-refractivity contribution in [3.8, 4) is 0 Å². The van der Waals surface area contributed by atoms with Crippen molar-refractivity contribution in [1.29, 1.82) is 0 Å². The minimum absolute atomic E-state index is 0.0717. The Morgan fingerprint density at radius 3 is 2.50 bits per heavy atom. The summed E-state index contributed by atoms with van der Waals surface area (Å²) in [5.41, 5.74) is 1.15. The van der Waals surface area contributed by atoms with Gasteiger partial charge in [-0.05, 0) is 17.5 Å². The standard InChI is InChI=1S/C14H15N3O/c1-11(12-6-3-2-4-7-12)10-13(18)17-14-15-8-5-9-16-14/h2-9,11H,10H2,1H3,(H,15,16,17,18)/t11-/m0/s1. The first-order valence-electron chi connectivity index (χ1n) is 5.87. The first-order chi connectivity index (χ1) is 8.75. The number of rotatable bonds is 4. The van der Waals surface area contributed by atoms with Crippen LogP contribution in [0.25, 0.3) is 0 Å². The second-order valence-corrected chi connectivity index (χ2v) is 4.14. The number of carbonyl (C=O) groups excluding carboxylic acids is 1. The Bertz CT molecular complexity index is 499. The molecule has 1 N–H and O–H groups in total. The van der Waals surface area contributed by atoms with Crippen LogP contribution in [0.15, 0.2) is 48.8 Å². The van der Waals surface area contributed by atoms with E-state index < -0.39 is 0 Å². The van der Waals surface area contributed by atoms with Crippen molar-refractivity contribution >= 4 is 11.9 Å². The van der Waals surface area contributed by atoms with E-state index in [1.54, 1.807) is 18.5 Å². The molecule has 0 aliphatic heterocycles. The highest BCUT2D eigenvalue weighted by atomic mass is 16.1. The summed E-state index contributed by atoms with van der Waals surface area (Å²) in [5, 5.41) is 2.68. The Hall–Kier alpha value is -2.23. The summed E-state index contributed by atoms with van der Waals surface area (Å²) in [7, 11) is 0. The van der Waals surface area contributed by atoms with Gasteiger partial charge in [0.15, 0.2) is 0 Å². The maximum absolute atomic E-state index is 11.8. The van der Waals surface area contributed by atoms with Crippen LogP contribution in [0.4, 0.5) is 5.95 Å². The van der Waals surface area contributed by atoms with Gasteiger partial charge in [-0.2, -0.15) is 0 Å². The van der Waals surface area contributed by atoms with E-state index in [4.69, 9.17) is 0 Å². The predicted octanol–water partition coefficient (Wildman–Crippen LogP) is 2.61. The highest BCUT2D eigenvalue weighted by molar-refractivity contribution is 5.89. The lowest BCUT2D eigenvalue weighted by Crippen LogP contribution is -2.16. The SMILES string of the molecule is C[C@@H](CC(=O)Nc1ncccn1)c1ccccc1. The lowest BCUT2D eigenvalue weighted by atomic mass is 9.98. The first-order valence-corrected chi connectivity index (χ1v) is 5.87. The molecule has 18 heavy (non-hydrogen) atoms. The maximum Gasteiger partial charge on any atom is 0.229 e. The summed E-state index contributed by atoms with van der Waals surface area (Å²) in [6.07, 6.45) is 3.62. The minimum Gasteiger partial charge on any atom is -0.295 e. The highest BCUT2D eigenvalue weighted by Gasteiger charge is 2.11. The van der Waals surface area contributed by atoms with Gasteiger partial charge in [0.25, 0.3) is 0 Å². The summed E-state index contributed by atoms with van der Waals surface area (Å²) >= 11 is 0. The molecule has 4 heteroatoms. The molecule has 0 spiro atoms. The van der Waals surface area contributed by atoms with Crippen molar-refractivity contribution in [2.45, 2.75) is 19.3 Å². The second kappa shape index (κ2) is 5.91. The van der Waals surface area contributed by atoms with Gasteiger partial charge in [0, 0.05) is 18.8 Å². The van der Waals surface area contributed by atoms with E-state index in [0.717, 1.165) is 5.56 Å². The van der Waals surface area contributed by atoms with Crippen LogP contribution in [0.1, 0.15) is 24.8 Å². The Labute approximate surface area is 106 Å². The predicted molar refractivity (Wildman–Crippen MR) is 70.1 cm³/mol. The zero-order valence-corrected chi connectivity index (χ0v) is 10.2. The largest absolute Gasteiger partial charge is 0.295 e.